The molecule has 40 heavy (non-hydrogen) atoms. The van der Waals surface area contributed by atoms with E-state index in [4.69, 9.17) is 0 Å². The fourth-order valence-corrected chi connectivity index (χ4v) is 9.62. The molecule has 4 heterocycles. The Labute approximate surface area is 248 Å². The molecule has 2 aromatic rings. The van der Waals surface area contributed by atoms with Gasteiger partial charge in [0.15, 0.2) is 0 Å². The highest BCUT2D eigenvalue weighted by atomic mass is 33.1. The lowest BCUT2D eigenvalue weighted by molar-refractivity contribution is -0.143. The smallest absolute Gasteiger partial charge is 0.321 e. The first kappa shape index (κ1) is 30.8. The second kappa shape index (κ2) is 14.2. The zero-order chi connectivity index (χ0) is 28.8. The van der Waals surface area contributed by atoms with Crippen LogP contribution < -0.4 is 0 Å². The third-order valence-corrected chi connectivity index (χ3v) is 11.9. The van der Waals surface area contributed by atoms with Gasteiger partial charge in [0.2, 0.25) is 10.2 Å². The van der Waals surface area contributed by atoms with Crippen LogP contribution in [-0.4, -0.2) is 88.8 Å². The topological polar surface area (TPSA) is 141 Å². The van der Waals surface area contributed by atoms with E-state index in [-0.39, 0.29) is 34.1 Å². The van der Waals surface area contributed by atoms with Gasteiger partial charge < -0.3 is 10.2 Å². The number of hydrogen-bond acceptors (Lipinski definition) is 12. The quantitative estimate of drug-likeness (QED) is 0.370. The highest BCUT2D eigenvalue weighted by Crippen LogP contribution is 2.43. The first-order chi connectivity index (χ1) is 19.2. The van der Waals surface area contributed by atoms with E-state index in [2.05, 4.69) is 9.97 Å². The van der Waals surface area contributed by atoms with Crippen molar-refractivity contribution in [3.05, 3.63) is 60.2 Å². The van der Waals surface area contributed by atoms with Crippen LogP contribution in [0, 0.1) is 11.8 Å². The number of carbonyl (C=O) groups is 4. The van der Waals surface area contributed by atoms with E-state index < -0.39 is 35.9 Å². The van der Waals surface area contributed by atoms with Gasteiger partial charge in [0.05, 0.1) is 10.7 Å². The Balaban J connectivity index is 1.34. The zero-order valence-corrected chi connectivity index (χ0v) is 25.1. The van der Waals surface area contributed by atoms with E-state index in [1.165, 1.54) is 23.5 Å². The van der Waals surface area contributed by atoms with E-state index in [9.17, 15) is 29.4 Å². The van der Waals surface area contributed by atoms with Crippen LogP contribution in [0.3, 0.4) is 0 Å². The molecule has 0 saturated carbocycles. The van der Waals surface area contributed by atoms with Crippen LogP contribution in [0.1, 0.15) is 35.7 Å². The molecule has 2 aromatic heterocycles. The van der Waals surface area contributed by atoms with Crippen LogP contribution in [0.5, 0.6) is 0 Å². The monoisotopic (exact) mass is 622 g/mol. The predicted octanol–water partition coefficient (Wildman–Crippen LogP) is 3.88. The molecule has 0 radical (unpaired) electrons. The molecule has 4 rings (SSSR count). The summed E-state index contributed by atoms with van der Waals surface area (Å²) in [4.78, 5) is 61.7. The summed E-state index contributed by atoms with van der Waals surface area (Å²) >= 11 is 3.01. The Hall–Kier alpha value is -2.10. The normalized spacial score (nSPS) is 24.9. The second-order valence-corrected chi connectivity index (χ2v) is 14.0. The van der Waals surface area contributed by atoms with Crippen molar-refractivity contribution < 1.29 is 29.4 Å². The summed E-state index contributed by atoms with van der Waals surface area (Å²) in [5, 5.41) is 18.6. The number of carboxylic acids is 2. The average Bonchev–Trinajstić information content (AvgIpc) is 3.57. The van der Waals surface area contributed by atoms with Crippen molar-refractivity contribution in [2.24, 2.45) is 11.8 Å². The van der Waals surface area contributed by atoms with Crippen LogP contribution in [0.25, 0.3) is 0 Å². The molecule has 0 spiro atoms. The number of rotatable bonds is 10. The van der Waals surface area contributed by atoms with Gasteiger partial charge in [-0.3, -0.25) is 38.9 Å². The van der Waals surface area contributed by atoms with E-state index >= 15 is 0 Å². The summed E-state index contributed by atoms with van der Waals surface area (Å²) in [7, 11) is 1.72. The lowest BCUT2D eigenvalue weighted by Crippen LogP contribution is -2.42. The standard InChI is InChI=1S/C26H30N4O6S4/c1-15(11-29-19(23(31)32)13-37-21(29)17-5-3-7-27-9-17)25(35)39-40-26(36)16(2)12-30-20(24(33)34)14-38-22(30)18-6-4-8-28-10-18/h3-10,15-16,19-22H,11-14H2,1-2H3,(H,31,32)(H,33,34)/t15-,16-,19?,20?,21?,22?/m0/s1. The summed E-state index contributed by atoms with van der Waals surface area (Å²) in [6.07, 6.45) is 6.73. The molecule has 2 saturated heterocycles. The molecule has 214 valence electrons. The predicted molar refractivity (Wildman–Crippen MR) is 159 cm³/mol. The highest BCUT2D eigenvalue weighted by molar-refractivity contribution is 8.87. The molecule has 0 bridgehead atoms. The van der Waals surface area contributed by atoms with Crippen LogP contribution in [0.15, 0.2) is 49.1 Å². The number of aliphatic carboxylic acids is 2. The molecule has 14 heteroatoms. The van der Waals surface area contributed by atoms with Crippen molar-refractivity contribution in [1.82, 2.24) is 19.8 Å². The maximum atomic E-state index is 13.0. The molecule has 0 aromatic carbocycles. The Morgan fingerprint density at radius 3 is 1.55 bits per heavy atom. The number of aromatic nitrogens is 2. The van der Waals surface area contributed by atoms with Gasteiger partial charge in [0, 0.05) is 61.2 Å². The maximum Gasteiger partial charge on any atom is 0.321 e. The van der Waals surface area contributed by atoms with Gasteiger partial charge in [0.25, 0.3) is 0 Å². The summed E-state index contributed by atoms with van der Waals surface area (Å²) < 4.78 is 0. The van der Waals surface area contributed by atoms with Crippen LogP contribution in [-0.2, 0) is 19.2 Å². The number of carboxylic acid groups (broad SMARTS) is 2. The molecule has 2 N–H and O–H groups in total. The summed E-state index contributed by atoms with van der Waals surface area (Å²) in [5.74, 6) is -2.09. The molecule has 4 unspecified atom stereocenters. The first-order valence-corrected chi connectivity index (χ1v) is 16.8. The SMILES string of the molecule is C[C@@H](CN1C(C(=O)O)CSC1c1cccnc1)C(=O)SSC(=O)[C@@H](C)CN1C(C(=O)O)CSC1c1cccnc1. The zero-order valence-electron chi connectivity index (χ0n) is 21.9. The van der Waals surface area contributed by atoms with Gasteiger partial charge in [-0.1, -0.05) is 26.0 Å². The third-order valence-electron chi connectivity index (χ3n) is 6.72. The van der Waals surface area contributed by atoms with Crippen LogP contribution in [0.2, 0.25) is 0 Å². The van der Waals surface area contributed by atoms with Crippen molar-refractivity contribution in [3.63, 3.8) is 0 Å². The van der Waals surface area contributed by atoms with E-state index in [1.54, 1.807) is 50.8 Å². The molecule has 10 nitrogen and oxygen atoms in total. The van der Waals surface area contributed by atoms with Crippen molar-refractivity contribution >= 4 is 67.3 Å². The van der Waals surface area contributed by atoms with Crippen molar-refractivity contribution in [2.45, 2.75) is 36.7 Å². The largest absolute Gasteiger partial charge is 0.480 e. The van der Waals surface area contributed by atoms with Crippen molar-refractivity contribution in [3.8, 4) is 0 Å². The Kier molecular flexibility index (Phi) is 10.9. The van der Waals surface area contributed by atoms with E-state index in [0.29, 0.717) is 11.5 Å². The minimum absolute atomic E-state index is 0.218. The average molecular weight is 623 g/mol. The number of thioether (sulfide) groups is 2. The number of pyridine rings is 2. The molecule has 0 aliphatic carbocycles. The Morgan fingerprint density at radius 2 is 1.23 bits per heavy atom. The molecule has 2 aliphatic rings. The van der Waals surface area contributed by atoms with E-state index in [1.807, 2.05) is 21.9 Å². The second-order valence-electron chi connectivity index (χ2n) is 9.65. The van der Waals surface area contributed by atoms with Crippen LogP contribution in [0.4, 0.5) is 0 Å². The fraction of sp³-hybridized carbons (Fsp3) is 0.462. The molecule has 0 amide bonds. The van der Waals surface area contributed by atoms with Gasteiger partial charge in [-0.2, -0.15) is 0 Å². The number of carbonyl (C=O) groups excluding carboxylic acids is 2. The van der Waals surface area contributed by atoms with Gasteiger partial charge in [0.1, 0.15) is 12.1 Å². The molecular formula is C26H30N4O6S4. The summed E-state index contributed by atoms with van der Waals surface area (Å²) in [5.41, 5.74) is 1.76. The lowest BCUT2D eigenvalue weighted by Gasteiger charge is -2.29. The first-order valence-electron chi connectivity index (χ1n) is 12.6. The maximum absolute atomic E-state index is 13.0. The molecule has 2 aliphatic heterocycles. The van der Waals surface area contributed by atoms with Gasteiger partial charge in [-0.25, -0.2) is 0 Å². The lowest BCUT2D eigenvalue weighted by atomic mass is 10.1. The molecular weight excluding hydrogens is 593 g/mol. The van der Waals surface area contributed by atoms with Gasteiger partial charge >= 0.3 is 11.9 Å². The van der Waals surface area contributed by atoms with Gasteiger partial charge in [-0.05, 0) is 44.8 Å². The van der Waals surface area contributed by atoms with Crippen LogP contribution >= 0.6 is 45.1 Å². The van der Waals surface area contributed by atoms with Crippen molar-refractivity contribution in [2.75, 3.05) is 24.6 Å². The molecule has 6 atom stereocenters. The Morgan fingerprint density at radius 1 is 0.825 bits per heavy atom. The Bertz CT molecular complexity index is 1120. The van der Waals surface area contributed by atoms with Crippen molar-refractivity contribution in [1.29, 1.82) is 0 Å². The minimum Gasteiger partial charge on any atom is -0.480 e. The van der Waals surface area contributed by atoms with Gasteiger partial charge in [-0.15, -0.1) is 23.5 Å². The number of hydrogen-bond donors (Lipinski definition) is 2. The summed E-state index contributed by atoms with van der Waals surface area (Å²) in [6.45, 7) is 3.95. The van der Waals surface area contributed by atoms with E-state index in [0.717, 1.165) is 32.7 Å². The summed E-state index contributed by atoms with van der Waals surface area (Å²) in [6, 6.07) is 5.94. The number of nitrogens with zero attached hydrogens (tertiary/aromatic N) is 4. The third kappa shape index (κ3) is 7.39. The fourth-order valence-electron chi connectivity index (χ4n) is 4.59. The highest BCUT2D eigenvalue weighted by Gasteiger charge is 2.42. The molecule has 2 fully saturated rings. The minimum atomic E-state index is -0.936.